The van der Waals surface area contributed by atoms with Crippen LogP contribution in [0.3, 0.4) is 0 Å². The fraction of sp³-hybridized carbons (Fsp3) is 0.273. The highest BCUT2D eigenvalue weighted by Crippen LogP contribution is 2.18. The highest BCUT2D eigenvalue weighted by atomic mass is 19.1. The molecule has 0 radical (unpaired) electrons. The normalized spacial score (nSPS) is 10.5. The molecular formula is C11H13FN4. The van der Waals surface area contributed by atoms with Crippen molar-refractivity contribution in [1.82, 2.24) is 14.8 Å². The molecule has 0 amide bonds. The van der Waals surface area contributed by atoms with Crippen LogP contribution >= 0.6 is 0 Å². The Hall–Kier alpha value is -1.91. The smallest absolute Gasteiger partial charge is 0.143 e. The standard InChI is InChI=1S/C11H13FN4/c1-8-11(15(2)3)7-16(14-8)10-4-9(12)5-13-6-10/h4-7H,1-3H3. The van der Waals surface area contributed by atoms with Crippen LogP contribution < -0.4 is 4.90 Å². The van der Waals surface area contributed by atoms with Crippen LogP contribution in [0.25, 0.3) is 5.69 Å². The van der Waals surface area contributed by atoms with E-state index in [0.29, 0.717) is 5.69 Å². The predicted molar refractivity (Wildman–Crippen MR) is 60.4 cm³/mol. The molecule has 2 rings (SSSR count). The monoisotopic (exact) mass is 220 g/mol. The number of hydrogen-bond acceptors (Lipinski definition) is 3. The zero-order chi connectivity index (χ0) is 11.7. The van der Waals surface area contributed by atoms with Crippen molar-refractivity contribution in [2.75, 3.05) is 19.0 Å². The molecule has 5 heteroatoms. The molecule has 0 aliphatic heterocycles. The van der Waals surface area contributed by atoms with E-state index in [1.54, 1.807) is 10.9 Å². The van der Waals surface area contributed by atoms with Gasteiger partial charge in [-0.2, -0.15) is 5.10 Å². The van der Waals surface area contributed by atoms with Gasteiger partial charge in [0.15, 0.2) is 0 Å². The van der Waals surface area contributed by atoms with E-state index in [2.05, 4.69) is 10.1 Å². The third-order valence-corrected chi connectivity index (χ3v) is 2.31. The van der Waals surface area contributed by atoms with Gasteiger partial charge in [-0.15, -0.1) is 0 Å². The molecule has 2 heterocycles. The molecule has 0 atom stereocenters. The number of nitrogens with zero attached hydrogens (tertiary/aromatic N) is 4. The number of pyridine rings is 1. The second kappa shape index (κ2) is 3.92. The highest BCUT2D eigenvalue weighted by molar-refractivity contribution is 5.49. The molecule has 0 bridgehead atoms. The van der Waals surface area contributed by atoms with Crippen LogP contribution in [0.2, 0.25) is 0 Å². The Morgan fingerprint density at radius 1 is 1.31 bits per heavy atom. The first-order valence-corrected chi connectivity index (χ1v) is 4.92. The van der Waals surface area contributed by atoms with E-state index in [0.717, 1.165) is 11.4 Å². The van der Waals surface area contributed by atoms with Crippen molar-refractivity contribution in [3.05, 3.63) is 36.2 Å². The molecule has 2 aromatic heterocycles. The molecule has 0 unspecified atom stereocenters. The Kier molecular flexibility index (Phi) is 2.60. The summed E-state index contributed by atoms with van der Waals surface area (Å²) >= 11 is 0. The van der Waals surface area contributed by atoms with Crippen LogP contribution in [-0.2, 0) is 0 Å². The SMILES string of the molecule is Cc1nn(-c2cncc(F)c2)cc1N(C)C. The second-order valence-corrected chi connectivity index (χ2v) is 3.80. The molecule has 16 heavy (non-hydrogen) atoms. The first kappa shape index (κ1) is 10.6. The largest absolute Gasteiger partial charge is 0.375 e. The molecular weight excluding hydrogens is 207 g/mol. The summed E-state index contributed by atoms with van der Waals surface area (Å²) in [5.41, 5.74) is 2.52. The van der Waals surface area contributed by atoms with Crippen molar-refractivity contribution in [2.45, 2.75) is 6.92 Å². The molecule has 4 nitrogen and oxygen atoms in total. The molecule has 0 spiro atoms. The average molecular weight is 220 g/mol. The van der Waals surface area contributed by atoms with Gasteiger partial charge in [-0.1, -0.05) is 0 Å². The van der Waals surface area contributed by atoms with Gasteiger partial charge >= 0.3 is 0 Å². The fourth-order valence-electron chi connectivity index (χ4n) is 1.55. The third kappa shape index (κ3) is 1.88. The van der Waals surface area contributed by atoms with Crippen LogP contribution in [0, 0.1) is 12.7 Å². The first-order chi connectivity index (χ1) is 7.58. The molecule has 0 saturated heterocycles. The first-order valence-electron chi connectivity index (χ1n) is 4.92. The molecule has 0 N–H and O–H groups in total. The van der Waals surface area contributed by atoms with Crippen molar-refractivity contribution in [1.29, 1.82) is 0 Å². The summed E-state index contributed by atoms with van der Waals surface area (Å²) in [5.74, 6) is -0.364. The van der Waals surface area contributed by atoms with Gasteiger partial charge in [0.05, 0.1) is 35.7 Å². The number of rotatable bonds is 2. The Balaban J connectivity index is 2.45. The zero-order valence-electron chi connectivity index (χ0n) is 9.48. The summed E-state index contributed by atoms with van der Waals surface area (Å²) in [6, 6.07) is 1.40. The van der Waals surface area contributed by atoms with E-state index in [1.807, 2.05) is 32.1 Å². The summed E-state index contributed by atoms with van der Waals surface area (Å²) in [6.45, 7) is 1.92. The molecule has 2 aromatic rings. The Morgan fingerprint density at radius 3 is 2.62 bits per heavy atom. The van der Waals surface area contributed by atoms with Gasteiger partial charge in [0.1, 0.15) is 5.82 Å². The minimum Gasteiger partial charge on any atom is -0.375 e. The average Bonchev–Trinajstić information content (AvgIpc) is 2.60. The van der Waals surface area contributed by atoms with Crippen LogP contribution in [0.1, 0.15) is 5.69 Å². The summed E-state index contributed by atoms with van der Waals surface area (Å²) in [7, 11) is 3.89. The van der Waals surface area contributed by atoms with E-state index in [9.17, 15) is 4.39 Å². The molecule has 0 aliphatic rings. The molecule has 84 valence electrons. The molecule has 0 aromatic carbocycles. The molecule has 0 saturated carbocycles. The second-order valence-electron chi connectivity index (χ2n) is 3.80. The lowest BCUT2D eigenvalue weighted by Gasteiger charge is -2.08. The summed E-state index contributed by atoms with van der Waals surface area (Å²) in [5, 5.41) is 4.31. The van der Waals surface area contributed by atoms with Gasteiger partial charge < -0.3 is 4.90 Å². The number of halogens is 1. The predicted octanol–water partition coefficient (Wildman–Crippen LogP) is 1.78. The van der Waals surface area contributed by atoms with Gasteiger partial charge in [0.2, 0.25) is 0 Å². The lowest BCUT2D eigenvalue weighted by atomic mass is 10.4. The van der Waals surface area contributed by atoms with E-state index >= 15 is 0 Å². The van der Waals surface area contributed by atoms with Crippen LogP contribution in [0.15, 0.2) is 24.7 Å². The number of hydrogen-bond donors (Lipinski definition) is 0. The van der Waals surface area contributed by atoms with Gasteiger partial charge in [0, 0.05) is 20.2 Å². The van der Waals surface area contributed by atoms with Crippen molar-refractivity contribution in [3.8, 4) is 5.69 Å². The topological polar surface area (TPSA) is 34.0 Å². The quantitative estimate of drug-likeness (QED) is 0.773. The lowest BCUT2D eigenvalue weighted by molar-refractivity contribution is 0.618. The van der Waals surface area contributed by atoms with Gasteiger partial charge in [-0.3, -0.25) is 4.98 Å². The third-order valence-electron chi connectivity index (χ3n) is 2.31. The van der Waals surface area contributed by atoms with Crippen molar-refractivity contribution >= 4 is 5.69 Å². The molecule has 0 fully saturated rings. The maximum atomic E-state index is 13.0. The van der Waals surface area contributed by atoms with E-state index in [-0.39, 0.29) is 5.82 Å². The zero-order valence-corrected chi connectivity index (χ0v) is 9.48. The van der Waals surface area contributed by atoms with Crippen molar-refractivity contribution in [2.24, 2.45) is 0 Å². The van der Waals surface area contributed by atoms with E-state index in [1.165, 1.54) is 12.3 Å². The number of anilines is 1. The maximum Gasteiger partial charge on any atom is 0.143 e. The Bertz CT molecular complexity index is 504. The van der Waals surface area contributed by atoms with E-state index < -0.39 is 0 Å². The Morgan fingerprint density at radius 2 is 2.06 bits per heavy atom. The summed E-state index contributed by atoms with van der Waals surface area (Å²) in [4.78, 5) is 5.76. The maximum absolute atomic E-state index is 13.0. The van der Waals surface area contributed by atoms with Crippen LogP contribution in [0.5, 0.6) is 0 Å². The summed E-state index contributed by atoms with van der Waals surface area (Å²) in [6.07, 6.45) is 4.60. The number of aryl methyl sites for hydroxylation is 1. The van der Waals surface area contributed by atoms with Gasteiger partial charge in [-0.05, 0) is 6.92 Å². The van der Waals surface area contributed by atoms with Crippen LogP contribution in [-0.4, -0.2) is 28.9 Å². The Labute approximate surface area is 93.3 Å². The minimum atomic E-state index is -0.364. The lowest BCUT2D eigenvalue weighted by Crippen LogP contribution is -2.08. The van der Waals surface area contributed by atoms with E-state index in [4.69, 9.17) is 0 Å². The molecule has 0 aliphatic carbocycles. The van der Waals surface area contributed by atoms with Crippen LogP contribution in [0.4, 0.5) is 10.1 Å². The fourth-order valence-corrected chi connectivity index (χ4v) is 1.55. The van der Waals surface area contributed by atoms with Crippen molar-refractivity contribution in [3.63, 3.8) is 0 Å². The van der Waals surface area contributed by atoms with Crippen molar-refractivity contribution < 1.29 is 4.39 Å². The van der Waals surface area contributed by atoms with Gasteiger partial charge in [0.25, 0.3) is 0 Å². The van der Waals surface area contributed by atoms with Gasteiger partial charge in [-0.25, -0.2) is 9.07 Å². The number of aromatic nitrogens is 3. The minimum absolute atomic E-state index is 0.364. The summed E-state index contributed by atoms with van der Waals surface area (Å²) < 4.78 is 14.6. The highest BCUT2D eigenvalue weighted by Gasteiger charge is 2.08.